The Labute approximate surface area is 147 Å². The Bertz CT molecular complexity index is 727. The van der Waals surface area contributed by atoms with Gasteiger partial charge in [0.25, 0.3) is 5.91 Å². The van der Waals surface area contributed by atoms with Crippen LogP contribution in [0.25, 0.3) is 0 Å². The van der Waals surface area contributed by atoms with Gasteiger partial charge in [0.2, 0.25) is 5.91 Å². The fourth-order valence-corrected chi connectivity index (χ4v) is 2.86. The Morgan fingerprint density at radius 1 is 1.04 bits per heavy atom. The summed E-state index contributed by atoms with van der Waals surface area (Å²) in [5.74, 6) is -0.543. The van der Waals surface area contributed by atoms with Crippen LogP contribution in [0, 0.1) is 0 Å². The van der Waals surface area contributed by atoms with Crippen molar-refractivity contribution in [1.29, 1.82) is 0 Å². The van der Waals surface area contributed by atoms with Gasteiger partial charge in [-0.15, -0.1) is 11.3 Å². The van der Waals surface area contributed by atoms with E-state index in [1.807, 2.05) is 0 Å². The predicted octanol–water partition coefficient (Wildman–Crippen LogP) is 3.50. The molecule has 4 nitrogen and oxygen atoms in total. The number of halogens is 3. The standard InChI is InChI=1S/C17H17F3N2O2S/c1-21(10-12-5-7-13(8-6-12)17(18,19)20)15(23)11-22(2)16(24)14-4-3-9-25-14/h3-9H,10-11H2,1-2H3. The molecule has 2 rings (SSSR count). The molecule has 0 fully saturated rings. The van der Waals surface area contributed by atoms with Crippen LogP contribution >= 0.6 is 11.3 Å². The van der Waals surface area contributed by atoms with Crippen molar-refractivity contribution in [3.8, 4) is 0 Å². The number of benzene rings is 1. The number of hydrogen-bond acceptors (Lipinski definition) is 3. The Morgan fingerprint density at radius 2 is 1.68 bits per heavy atom. The number of alkyl halides is 3. The highest BCUT2D eigenvalue weighted by atomic mass is 32.1. The third-order valence-electron chi connectivity index (χ3n) is 3.58. The van der Waals surface area contributed by atoms with Gasteiger partial charge in [0, 0.05) is 20.6 Å². The highest BCUT2D eigenvalue weighted by Crippen LogP contribution is 2.29. The van der Waals surface area contributed by atoms with Crippen LogP contribution in [0.2, 0.25) is 0 Å². The molecule has 0 saturated carbocycles. The van der Waals surface area contributed by atoms with Crippen LogP contribution in [-0.2, 0) is 17.5 Å². The molecular formula is C17H17F3N2O2S. The van der Waals surface area contributed by atoms with Gasteiger partial charge >= 0.3 is 6.18 Å². The Morgan fingerprint density at radius 3 is 2.20 bits per heavy atom. The molecule has 0 aliphatic heterocycles. The van der Waals surface area contributed by atoms with E-state index in [0.717, 1.165) is 12.1 Å². The number of nitrogens with zero attached hydrogens (tertiary/aromatic N) is 2. The van der Waals surface area contributed by atoms with E-state index in [1.165, 1.54) is 40.3 Å². The van der Waals surface area contributed by atoms with Gasteiger partial charge in [0.1, 0.15) is 0 Å². The second kappa shape index (κ2) is 7.69. The molecule has 0 spiro atoms. The highest BCUT2D eigenvalue weighted by molar-refractivity contribution is 7.12. The molecule has 0 unspecified atom stereocenters. The number of hydrogen-bond donors (Lipinski definition) is 0. The zero-order valence-corrected chi connectivity index (χ0v) is 14.5. The van der Waals surface area contributed by atoms with Crippen molar-refractivity contribution in [1.82, 2.24) is 9.80 Å². The minimum Gasteiger partial charge on any atom is -0.340 e. The first-order valence-corrected chi connectivity index (χ1v) is 8.25. The quantitative estimate of drug-likeness (QED) is 0.808. The van der Waals surface area contributed by atoms with Crippen molar-refractivity contribution < 1.29 is 22.8 Å². The van der Waals surface area contributed by atoms with E-state index in [0.29, 0.717) is 10.4 Å². The normalized spacial score (nSPS) is 11.2. The highest BCUT2D eigenvalue weighted by Gasteiger charge is 2.30. The average Bonchev–Trinajstić information content (AvgIpc) is 3.08. The molecule has 0 radical (unpaired) electrons. The summed E-state index contributed by atoms with van der Waals surface area (Å²) in [5.41, 5.74) is -0.150. The summed E-state index contributed by atoms with van der Waals surface area (Å²) in [7, 11) is 3.08. The van der Waals surface area contributed by atoms with Gasteiger partial charge in [0.05, 0.1) is 17.0 Å². The number of thiophene rings is 1. The van der Waals surface area contributed by atoms with E-state index in [4.69, 9.17) is 0 Å². The molecule has 0 saturated heterocycles. The van der Waals surface area contributed by atoms with Gasteiger partial charge in [-0.2, -0.15) is 13.2 Å². The van der Waals surface area contributed by atoms with Crippen LogP contribution in [0.15, 0.2) is 41.8 Å². The van der Waals surface area contributed by atoms with E-state index in [1.54, 1.807) is 24.6 Å². The predicted molar refractivity (Wildman–Crippen MR) is 89.2 cm³/mol. The van der Waals surface area contributed by atoms with Crippen LogP contribution in [0.3, 0.4) is 0 Å². The van der Waals surface area contributed by atoms with Crippen molar-refractivity contribution in [3.63, 3.8) is 0 Å². The Kier molecular flexibility index (Phi) is 5.84. The number of rotatable bonds is 5. The van der Waals surface area contributed by atoms with Crippen molar-refractivity contribution in [2.45, 2.75) is 12.7 Å². The largest absolute Gasteiger partial charge is 0.416 e. The fraction of sp³-hybridized carbons (Fsp3) is 0.294. The third-order valence-corrected chi connectivity index (χ3v) is 4.44. The molecule has 25 heavy (non-hydrogen) atoms. The van der Waals surface area contributed by atoms with E-state index >= 15 is 0 Å². The lowest BCUT2D eigenvalue weighted by molar-refractivity contribution is -0.137. The van der Waals surface area contributed by atoms with Crippen molar-refractivity contribution in [3.05, 3.63) is 57.8 Å². The van der Waals surface area contributed by atoms with Crippen molar-refractivity contribution in [2.24, 2.45) is 0 Å². The second-order valence-corrected chi connectivity index (χ2v) is 6.53. The van der Waals surface area contributed by atoms with Gasteiger partial charge < -0.3 is 9.80 Å². The molecule has 1 aromatic heterocycles. The lowest BCUT2D eigenvalue weighted by atomic mass is 10.1. The molecule has 0 atom stereocenters. The molecule has 8 heteroatoms. The topological polar surface area (TPSA) is 40.6 Å². The minimum atomic E-state index is -4.38. The van der Waals surface area contributed by atoms with Crippen LogP contribution in [0.1, 0.15) is 20.8 Å². The van der Waals surface area contributed by atoms with E-state index in [9.17, 15) is 22.8 Å². The molecule has 1 heterocycles. The summed E-state index contributed by atoms with van der Waals surface area (Å²) >= 11 is 1.29. The molecule has 134 valence electrons. The molecule has 0 bridgehead atoms. The summed E-state index contributed by atoms with van der Waals surface area (Å²) in [5, 5.41) is 1.78. The minimum absolute atomic E-state index is 0.103. The lowest BCUT2D eigenvalue weighted by Crippen LogP contribution is -2.38. The molecule has 2 amide bonds. The van der Waals surface area contributed by atoms with Gasteiger partial charge in [-0.05, 0) is 29.1 Å². The van der Waals surface area contributed by atoms with Gasteiger partial charge in [0.15, 0.2) is 0 Å². The first-order valence-electron chi connectivity index (χ1n) is 7.37. The molecule has 2 aromatic rings. The summed E-state index contributed by atoms with van der Waals surface area (Å²) in [6.45, 7) is 0.0614. The SMILES string of the molecule is CN(Cc1ccc(C(F)(F)F)cc1)C(=O)CN(C)C(=O)c1cccs1. The monoisotopic (exact) mass is 370 g/mol. The van der Waals surface area contributed by atoms with Crippen LogP contribution in [-0.4, -0.2) is 42.3 Å². The Balaban J connectivity index is 1.92. The molecule has 0 aliphatic carbocycles. The summed E-state index contributed by atoms with van der Waals surface area (Å²) in [6, 6.07) is 8.09. The zero-order chi connectivity index (χ0) is 18.6. The molecule has 1 aromatic carbocycles. The maximum atomic E-state index is 12.5. The first-order chi connectivity index (χ1) is 11.7. The second-order valence-electron chi connectivity index (χ2n) is 5.58. The van der Waals surface area contributed by atoms with Gasteiger partial charge in [-0.25, -0.2) is 0 Å². The number of likely N-dealkylation sites (N-methyl/N-ethyl adjacent to an activating group) is 2. The maximum absolute atomic E-state index is 12.5. The summed E-state index contributed by atoms with van der Waals surface area (Å²) in [4.78, 5) is 27.6. The van der Waals surface area contributed by atoms with Crippen LogP contribution in [0.4, 0.5) is 13.2 Å². The van der Waals surface area contributed by atoms with Crippen LogP contribution in [0.5, 0.6) is 0 Å². The number of carbonyl (C=O) groups is 2. The van der Waals surface area contributed by atoms with Gasteiger partial charge in [-0.3, -0.25) is 9.59 Å². The fourth-order valence-electron chi connectivity index (χ4n) is 2.14. The molecule has 0 N–H and O–H groups in total. The smallest absolute Gasteiger partial charge is 0.340 e. The van der Waals surface area contributed by atoms with E-state index in [-0.39, 0.29) is 24.9 Å². The van der Waals surface area contributed by atoms with Gasteiger partial charge in [-0.1, -0.05) is 18.2 Å². The first kappa shape index (κ1) is 19.0. The average molecular weight is 370 g/mol. The van der Waals surface area contributed by atoms with Crippen molar-refractivity contribution in [2.75, 3.05) is 20.6 Å². The molecule has 0 aliphatic rings. The van der Waals surface area contributed by atoms with Crippen LogP contribution < -0.4 is 0 Å². The summed E-state index contributed by atoms with van der Waals surface area (Å²) in [6.07, 6.45) is -4.38. The third kappa shape index (κ3) is 5.06. The maximum Gasteiger partial charge on any atom is 0.416 e. The number of amides is 2. The van der Waals surface area contributed by atoms with Crippen molar-refractivity contribution >= 4 is 23.2 Å². The lowest BCUT2D eigenvalue weighted by Gasteiger charge is -2.22. The number of carbonyl (C=O) groups excluding carboxylic acids is 2. The zero-order valence-electron chi connectivity index (χ0n) is 13.7. The van der Waals surface area contributed by atoms with E-state index < -0.39 is 11.7 Å². The Hall–Kier alpha value is -2.35. The van der Waals surface area contributed by atoms with E-state index in [2.05, 4.69) is 0 Å². The summed E-state index contributed by atoms with van der Waals surface area (Å²) < 4.78 is 37.6. The molecular weight excluding hydrogens is 353 g/mol.